The highest BCUT2D eigenvalue weighted by Crippen LogP contribution is 2.32. The molecule has 1 aliphatic heterocycles. The molecule has 1 aliphatic carbocycles. The van der Waals surface area contributed by atoms with Gasteiger partial charge >= 0.3 is 0 Å². The van der Waals surface area contributed by atoms with E-state index in [0.29, 0.717) is 17.9 Å². The van der Waals surface area contributed by atoms with E-state index in [0.717, 1.165) is 45.4 Å². The number of aromatic nitrogens is 5. The van der Waals surface area contributed by atoms with Crippen LogP contribution in [0.15, 0.2) is 83.1 Å². The molecule has 1 amide bonds. The second-order valence-electron chi connectivity index (χ2n) is 14.0. The quantitative estimate of drug-likeness (QED) is 0.202. The second kappa shape index (κ2) is 12.5. The molecule has 258 valence electrons. The number of rotatable bonds is 5. The van der Waals surface area contributed by atoms with Gasteiger partial charge in [0, 0.05) is 54.8 Å². The number of carbonyl (C=O) groups excluding carboxylic acids is 1. The van der Waals surface area contributed by atoms with Crippen LogP contribution in [0.3, 0.4) is 0 Å². The van der Waals surface area contributed by atoms with Crippen LogP contribution in [0.2, 0.25) is 0 Å². The predicted octanol–water partition coefficient (Wildman–Crippen LogP) is 6.67. The lowest BCUT2D eigenvalue weighted by Gasteiger charge is -2.32. The normalized spacial score (nSPS) is 17.2. The van der Waals surface area contributed by atoms with Gasteiger partial charge in [0.15, 0.2) is 0 Å². The summed E-state index contributed by atoms with van der Waals surface area (Å²) in [6.07, 6.45) is 4.98. The van der Waals surface area contributed by atoms with E-state index in [1.165, 1.54) is 12.1 Å². The molecule has 3 aromatic heterocycles. The van der Waals surface area contributed by atoms with Crippen LogP contribution in [-0.2, 0) is 29.0 Å². The van der Waals surface area contributed by atoms with Crippen LogP contribution in [0.25, 0.3) is 22.3 Å². The van der Waals surface area contributed by atoms with Crippen molar-refractivity contribution in [2.24, 2.45) is 7.05 Å². The molecule has 0 saturated carbocycles. The van der Waals surface area contributed by atoms with Crippen LogP contribution in [-0.4, -0.2) is 56.4 Å². The lowest BCUT2D eigenvalue weighted by atomic mass is 9.92. The summed E-state index contributed by atoms with van der Waals surface area (Å²) in [5, 5.41) is 0.909. The van der Waals surface area contributed by atoms with Crippen molar-refractivity contribution >= 4 is 32.9 Å². The van der Waals surface area contributed by atoms with Crippen LogP contribution >= 0.6 is 0 Å². The number of ether oxygens (including phenoxy) is 1. The molecule has 0 spiro atoms. The number of benzene rings is 2. The number of hydrogen-bond acceptors (Lipinski definition) is 8. The fourth-order valence-corrected chi connectivity index (χ4v) is 7.60. The van der Waals surface area contributed by atoms with Crippen molar-refractivity contribution in [3.63, 3.8) is 0 Å². The summed E-state index contributed by atoms with van der Waals surface area (Å²) in [6.45, 7) is 10.5. The molecule has 0 fully saturated rings. The molecule has 1 N–H and O–H groups in total. The minimum absolute atomic E-state index is 0. The number of carbonyl (C=O) groups is 1. The number of nitrogens with zero attached hydrogens (tertiary/aromatic N) is 6. The van der Waals surface area contributed by atoms with E-state index < -0.39 is 16.1 Å². The fraction of sp³-hybridized carbons (Fsp3) is 0.316. The van der Waals surface area contributed by atoms with E-state index in [1.807, 2.05) is 45.2 Å². The zero-order valence-corrected chi connectivity index (χ0v) is 29.8. The third-order valence-electron chi connectivity index (χ3n) is 9.22. The molecule has 0 radical (unpaired) electrons. The average Bonchev–Trinajstić information content (AvgIpc) is 3.38. The fourth-order valence-electron chi connectivity index (χ4n) is 6.61. The number of amides is 1. The maximum Gasteiger partial charge on any atom is 0.264 e. The molecule has 5 aromatic rings. The number of aryl methyl sites for hydroxylation is 3. The Balaban J connectivity index is 0.00000448. The monoisotopic (exact) mass is 691 g/mol. The Morgan fingerprint density at radius 3 is 2.48 bits per heavy atom. The van der Waals surface area contributed by atoms with E-state index >= 15 is 0 Å². The highest BCUT2D eigenvalue weighted by molar-refractivity contribution is 7.92. The van der Waals surface area contributed by atoms with Gasteiger partial charge in [0.25, 0.3) is 15.9 Å². The molecule has 2 aromatic carbocycles. The van der Waals surface area contributed by atoms with Crippen molar-refractivity contribution in [2.45, 2.75) is 70.4 Å². The summed E-state index contributed by atoms with van der Waals surface area (Å²) >= 11 is 0. The van der Waals surface area contributed by atoms with Crippen LogP contribution in [0.4, 0.5) is 5.95 Å². The van der Waals surface area contributed by atoms with E-state index in [2.05, 4.69) is 56.8 Å². The van der Waals surface area contributed by atoms with Gasteiger partial charge in [-0.2, -0.15) is 4.98 Å². The first-order valence-corrected chi connectivity index (χ1v) is 18.0. The summed E-state index contributed by atoms with van der Waals surface area (Å²) in [4.78, 5) is 34.8. The Morgan fingerprint density at radius 1 is 1.04 bits per heavy atom. The van der Waals surface area contributed by atoms with Gasteiger partial charge in [-0.1, -0.05) is 45.0 Å². The summed E-state index contributed by atoms with van der Waals surface area (Å²) in [7, 11) is -2.21. The first-order chi connectivity index (χ1) is 23.8. The van der Waals surface area contributed by atoms with E-state index in [1.54, 1.807) is 29.3 Å². The average molecular weight is 692 g/mol. The third kappa shape index (κ3) is 6.39. The van der Waals surface area contributed by atoms with Gasteiger partial charge in [0.05, 0.1) is 23.2 Å². The zero-order valence-electron chi connectivity index (χ0n) is 29.0. The summed E-state index contributed by atoms with van der Waals surface area (Å²) in [5.41, 5.74) is 9.58. The first-order valence-electron chi connectivity index (χ1n) is 16.5. The molecule has 11 nitrogen and oxygen atoms in total. The highest BCUT2D eigenvalue weighted by Gasteiger charge is 2.31. The van der Waals surface area contributed by atoms with E-state index in [-0.39, 0.29) is 48.2 Å². The summed E-state index contributed by atoms with van der Waals surface area (Å²) in [6, 6.07) is 15.2. The SMILES string of the molecule is Cc1cccc(C)c1-c1cc2nc(n1)NS(=O)(=O)c1cccc(c1)C(=O)N(Cc1ncc3cc(C(C)(C)C)n(C)c3n1)[C@H](CC1=C=CC1)CO2.[HH]. The largest absolute Gasteiger partial charge is 0.475 e. The van der Waals surface area contributed by atoms with E-state index in [9.17, 15) is 13.2 Å². The third-order valence-corrected chi connectivity index (χ3v) is 10.5. The van der Waals surface area contributed by atoms with Gasteiger partial charge in [-0.25, -0.2) is 28.1 Å². The van der Waals surface area contributed by atoms with Crippen molar-refractivity contribution in [3.05, 3.63) is 106 Å². The minimum Gasteiger partial charge on any atom is -0.475 e. The standard InChI is InChI=1S/C38H39N7O4S.H2/c1-23-10-7-11-24(2)34(23)30-19-33-42-37(40-30)43-50(47,48)29-15-9-14-26(17-29)36(46)45(28(22-49-33)16-25-12-8-13-25)21-32-39-20-27-18-31(38(3,4)5)44(6)35(27)41-32;/h7-11,14-15,17-20,28H,12,16,21-22H2,1-6H3,(H,40,42,43);1H/t28-;/m1./s1. The van der Waals surface area contributed by atoms with Crippen LogP contribution in [0, 0.1) is 13.8 Å². The Bertz CT molecular complexity index is 2340. The first kappa shape index (κ1) is 33.2. The van der Waals surface area contributed by atoms with Crippen molar-refractivity contribution in [1.82, 2.24) is 29.4 Å². The maximum absolute atomic E-state index is 14.5. The molecule has 50 heavy (non-hydrogen) atoms. The molecule has 0 unspecified atom stereocenters. The number of anilines is 1. The van der Waals surface area contributed by atoms with Crippen molar-refractivity contribution in [2.75, 3.05) is 11.3 Å². The van der Waals surface area contributed by atoms with Crippen molar-refractivity contribution in [3.8, 4) is 17.1 Å². The van der Waals surface area contributed by atoms with Crippen LogP contribution in [0.5, 0.6) is 5.88 Å². The van der Waals surface area contributed by atoms with Crippen molar-refractivity contribution < 1.29 is 19.4 Å². The molecule has 7 rings (SSSR count). The van der Waals surface area contributed by atoms with Crippen molar-refractivity contribution in [1.29, 1.82) is 0 Å². The van der Waals surface area contributed by atoms with Gasteiger partial charge in [0.2, 0.25) is 11.8 Å². The Labute approximate surface area is 293 Å². The van der Waals surface area contributed by atoms with Crippen LogP contribution < -0.4 is 9.46 Å². The second-order valence-corrected chi connectivity index (χ2v) is 15.7. The van der Waals surface area contributed by atoms with Gasteiger partial charge in [-0.3, -0.25) is 4.79 Å². The molecule has 0 saturated heterocycles. The summed E-state index contributed by atoms with van der Waals surface area (Å²) < 4.78 is 38.4. The zero-order chi connectivity index (χ0) is 35.4. The Hall–Kier alpha value is -5.32. The number of hydrogen-bond donors (Lipinski definition) is 1. The molecule has 2 aliphatic rings. The topological polar surface area (TPSA) is 132 Å². The molecular formula is C38H41N7O4S. The predicted molar refractivity (Wildman–Crippen MR) is 194 cm³/mol. The highest BCUT2D eigenvalue weighted by atomic mass is 32.2. The van der Waals surface area contributed by atoms with Crippen LogP contribution in [0.1, 0.15) is 68.0 Å². The lowest BCUT2D eigenvalue weighted by molar-refractivity contribution is 0.0579. The molecule has 12 heteroatoms. The molecule has 1 atom stereocenters. The Kier molecular flexibility index (Phi) is 8.32. The van der Waals surface area contributed by atoms with Gasteiger partial charge in [-0.15, -0.1) is 5.73 Å². The lowest BCUT2D eigenvalue weighted by Crippen LogP contribution is -2.44. The maximum atomic E-state index is 14.5. The molecule has 4 bridgehead atoms. The minimum atomic E-state index is -4.19. The number of nitrogens with one attached hydrogen (secondary N) is 1. The van der Waals surface area contributed by atoms with Gasteiger partial charge in [-0.05, 0) is 67.3 Å². The van der Waals surface area contributed by atoms with Gasteiger partial charge in [0.1, 0.15) is 18.1 Å². The summed E-state index contributed by atoms with van der Waals surface area (Å²) in [5.74, 6) is 0.118. The smallest absolute Gasteiger partial charge is 0.264 e. The van der Waals surface area contributed by atoms with E-state index in [4.69, 9.17) is 9.72 Å². The molecular weight excluding hydrogens is 651 g/mol. The van der Waals surface area contributed by atoms with Gasteiger partial charge < -0.3 is 14.2 Å². The number of sulfonamides is 1. The number of fused-ring (bicyclic) bond motifs is 5. The Morgan fingerprint density at radius 2 is 1.78 bits per heavy atom. The molecule has 4 heterocycles.